The average molecular weight is 406 g/mol. The Morgan fingerprint density at radius 2 is 1.83 bits per heavy atom. The normalized spacial score (nSPS) is 12.2. The highest BCUT2D eigenvalue weighted by molar-refractivity contribution is 5.72. The zero-order chi connectivity index (χ0) is 21.4. The number of rotatable bonds is 7. The first-order valence-electron chi connectivity index (χ1n) is 8.91. The number of halogens is 3. The molecule has 2 aromatic rings. The molecule has 0 spiro atoms. The topological polar surface area (TPSA) is 55.8 Å². The fourth-order valence-corrected chi connectivity index (χ4v) is 2.50. The van der Waals surface area contributed by atoms with E-state index >= 15 is 0 Å². The van der Waals surface area contributed by atoms with Gasteiger partial charge in [-0.2, -0.15) is 13.2 Å². The molecule has 4 nitrogen and oxygen atoms in total. The van der Waals surface area contributed by atoms with Crippen molar-refractivity contribution in [2.24, 2.45) is 0 Å². The third kappa shape index (κ3) is 7.51. The van der Waals surface area contributed by atoms with Gasteiger partial charge in [0, 0.05) is 12.0 Å². The summed E-state index contributed by atoms with van der Waals surface area (Å²) in [7, 11) is 0. The molecule has 29 heavy (non-hydrogen) atoms. The number of carboxylic acids is 1. The molecular weight excluding hydrogens is 385 g/mol. The number of alkyl halides is 3. The lowest BCUT2D eigenvalue weighted by molar-refractivity contribution is -0.153. The Labute approximate surface area is 167 Å². The number of hydrogen-bond donors (Lipinski definition) is 1. The summed E-state index contributed by atoms with van der Waals surface area (Å²) in [5, 5.41) is 9.26. The van der Waals surface area contributed by atoms with Crippen LogP contribution in [0.4, 0.5) is 13.2 Å². The fourth-order valence-electron chi connectivity index (χ4n) is 2.50. The minimum atomic E-state index is -4.38. The van der Waals surface area contributed by atoms with Crippen molar-refractivity contribution in [2.45, 2.75) is 38.7 Å². The van der Waals surface area contributed by atoms with Crippen molar-refractivity contribution in [3.05, 3.63) is 65.2 Å². The molecule has 0 aliphatic carbocycles. The summed E-state index contributed by atoms with van der Waals surface area (Å²) >= 11 is 0. The number of carboxylic acid groups (broad SMARTS) is 1. The van der Waals surface area contributed by atoms with E-state index in [0.717, 1.165) is 17.7 Å². The number of ether oxygens (including phenoxy) is 2. The van der Waals surface area contributed by atoms with Gasteiger partial charge in [-0.1, -0.05) is 24.0 Å². The Morgan fingerprint density at radius 3 is 2.41 bits per heavy atom. The smallest absolute Gasteiger partial charge is 0.416 e. The van der Waals surface area contributed by atoms with Crippen LogP contribution < -0.4 is 4.74 Å². The van der Waals surface area contributed by atoms with E-state index in [-0.39, 0.29) is 19.1 Å². The fraction of sp³-hybridized carbons (Fsp3) is 0.318. The standard InChI is InChI=1S/C22H21F3O4/c1-15(2)29-20(21(26)27)14-17-5-3-7-19(13-17)28-12-4-6-16-8-10-18(11-9-16)22(23,24)25/h3,5,7-11,13,15,20H,12,14H2,1-2H3,(H,26,27). The average Bonchev–Trinajstić information content (AvgIpc) is 2.64. The minimum absolute atomic E-state index is 0.0370. The van der Waals surface area contributed by atoms with Gasteiger partial charge in [0.1, 0.15) is 12.4 Å². The van der Waals surface area contributed by atoms with Gasteiger partial charge >= 0.3 is 12.1 Å². The van der Waals surface area contributed by atoms with Gasteiger partial charge in [-0.15, -0.1) is 0 Å². The van der Waals surface area contributed by atoms with Crippen LogP contribution in [0.1, 0.15) is 30.5 Å². The molecule has 0 saturated carbocycles. The number of aliphatic carboxylic acids is 1. The predicted octanol–water partition coefficient (Wildman–Crippen LogP) is 4.56. The van der Waals surface area contributed by atoms with Crippen LogP contribution in [-0.2, 0) is 22.1 Å². The maximum absolute atomic E-state index is 12.5. The molecule has 0 saturated heterocycles. The summed E-state index contributed by atoms with van der Waals surface area (Å²) in [5.41, 5.74) is 0.467. The maximum atomic E-state index is 12.5. The Kier molecular flexibility index (Phi) is 7.68. The first-order valence-corrected chi connectivity index (χ1v) is 8.91. The molecule has 1 unspecified atom stereocenters. The summed E-state index contributed by atoms with van der Waals surface area (Å²) in [6.07, 6.45) is -5.34. The second-order valence-electron chi connectivity index (χ2n) is 6.53. The number of carbonyl (C=O) groups is 1. The van der Waals surface area contributed by atoms with Crippen molar-refractivity contribution in [3.8, 4) is 17.6 Å². The lowest BCUT2D eigenvalue weighted by atomic mass is 10.1. The van der Waals surface area contributed by atoms with E-state index in [9.17, 15) is 23.1 Å². The van der Waals surface area contributed by atoms with E-state index in [1.807, 2.05) is 0 Å². The maximum Gasteiger partial charge on any atom is 0.416 e. The molecule has 7 heteroatoms. The molecule has 0 heterocycles. The van der Waals surface area contributed by atoms with Crippen LogP contribution >= 0.6 is 0 Å². The molecule has 0 aliphatic heterocycles. The first kappa shape index (κ1) is 22.3. The van der Waals surface area contributed by atoms with Crippen LogP contribution in [0, 0.1) is 11.8 Å². The highest BCUT2D eigenvalue weighted by atomic mass is 19.4. The van der Waals surface area contributed by atoms with E-state index < -0.39 is 23.8 Å². The molecule has 154 valence electrons. The summed E-state index contributed by atoms with van der Waals surface area (Å²) in [6.45, 7) is 3.57. The molecule has 0 aliphatic rings. The van der Waals surface area contributed by atoms with E-state index in [1.54, 1.807) is 38.1 Å². The molecule has 0 radical (unpaired) electrons. The Hall–Kier alpha value is -2.98. The monoisotopic (exact) mass is 406 g/mol. The van der Waals surface area contributed by atoms with Gasteiger partial charge in [0.05, 0.1) is 11.7 Å². The van der Waals surface area contributed by atoms with E-state index in [4.69, 9.17) is 9.47 Å². The zero-order valence-electron chi connectivity index (χ0n) is 16.0. The van der Waals surface area contributed by atoms with Crippen molar-refractivity contribution in [1.82, 2.24) is 0 Å². The van der Waals surface area contributed by atoms with Crippen LogP contribution in [-0.4, -0.2) is 29.9 Å². The minimum Gasteiger partial charge on any atom is -0.481 e. The third-order valence-electron chi connectivity index (χ3n) is 3.79. The lowest BCUT2D eigenvalue weighted by Crippen LogP contribution is -2.29. The highest BCUT2D eigenvalue weighted by Gasteiger charge is 2.29. The summed E-state index contributed by atoms with van der Waals surface area (Å²) in [5.74, 6) is 4.95. The lowest BCUT2D eigenvalue weighted by Gasteiger charge is -2.16. The van der Waals surface area contributed by atoms with Gasteiger partial charge in [0.25, 0.3) is 0 Å². The van der Waals surface area contributed by atoms with Crippen LogP contribution in [0.3, 0.4) is 0 Å². The van der Waals surface area contributed by atoms with Crippen LogP contribution in [0.5, 0.6) is 5.75 Å². The van der Waals surface area contributed by atoms with Crippen molar-refractivity contribution in [2.75, 3.05) is 6.61 Å². The van der Waals surface area contributed by atoms with Crippen molar-refractivity contribution in [1.29, 1.82) is 0 Å². The van der Waals surface area contributed by atoms with E-state index in [1.165, 1.54) is 12.1 Å². The predicted molar refractivity (Wildman–Crippen MR) is 102 cm³/mol. The molecule has 2 aromatic carbocycles. The third-order valence-corrected chi connectivity index (χ3v) is 3.79. The largest absolute Gasteiger partial charge is 0.481 e. The second-order valence-corrected chi connectivity index (χ2v) is 6.53. The Bertz CT molecular complexity index is 877. The van der Waals surface area contributed by atoms with Gasteiger partial charge in [0.15, 0.2) is 6.10 Å². The summed E-state index contributed by atoms with van der Waals surface area (Å²) in [4.78, 5) is 11.3. The molecule has 2 rings (SSSR count). The first-order chi connectivity index (χ1) is 13.6. The van der Waals surface area contributed by atoms with Gasteiger partial charge in [-0.25, -0.2) is 4.79 Å². The van der Waals surface area contributed by atoms with Crippen LogP contribution in [0.15, 0.2) is 48.5 Å². The molecule has 0 bridgehead atoms. The molecule has 0 fully saturated rings. The van der Waals surface area contributed by atoms with Crippen LogP contribution in [0.25, 0.3) is 0 Å². The molecular formula is C22H21F3O4. The second kappa shape index (κ2) is 9.99. The molecule has 0 aromatic heterocycles. The van der Waals surface area contributed by atoms with Crippen molar-refractivity contribution < 1.29 is 32.5 Å². The zero-order valence-corrected chi connectivity index (χ0v) is 16.0. The van der Waals surface area contributed by atoms with Gasteiger partial charge in [0.2, 0.25) is 0 Å². The van der Waals surface area contributed by atoms with E-state index in [0.29, 0.717) is 11.3 Å². The van der Waals surface area contributed by atoms with Crippen molar-refractivity contribution >= 4 is 5.97 Å². The number of benzene rings is 2. The van der Waals surface area contributed by atoms with Gasteiger partial charge in [-0.3, -0.25) is 0 Å². The molecule has 1 atom stereocenters. The molecule has 0 amide bonds. The highest BCUT2D eigenvalue weighted by Crippen LogP contribution is 2.28. The molecule has 1 N–H and O–H groups in total. The number of hydrogen-bond acceptors (Lipinski definition) is 3. The van der Waals surface area contributed by atoms with Crippen molar-refractivity contribution in [3.63, 3.8) is 0 Å². The Balaban J connectivity index is 1.94. The van der Waals surface area contributed by atoms with Crippen LogP contribution in [0.2, 0.25) is 0 Å². The van der Waals surface area contributed by atoms with Gasteiger partial charge in [-0.05, 0) is 55.8 Å². The quantitative estimate of drug-likeness (QED) is 0.685. The van der Waals surface area contributed by atoms with Gasteiger partial charge < -0.3 is 14.6 Å². The summed E-state index contributed by atoms with van der Waals surface area (Å²) < 4.78 is 48.5. The Morgan fingerprint density at radius 1 is 1.14 bits per heavy atom. The SMILES string of the molecule is CC(C)OC(Cc1cccc(OCC#Cc2ccc(C(F)(F)F)cc2)c1)C(=O)O. The van der Waals surface area contributed by atoms with E-state index in [2.05, 4.69) is 11.8 Å². The summed E-state index contributed by atoms with van der Waals surface area (Å²) in [6, 6.07) is 11.5.